The third-order valence-electron chi connectivity index (χ3n) is 5.29. The van der Waals surface area contributed by atoms with Gasteiger partial charge >= 0.3 is 0 Å². The first-order valence-electron chi connectivity index (χ1n) is 7.87. The smallest absolute Gasteiger partial charge is 0.0605 e. The van der Waals surface area contributed by atoms with Crippen molar-refractivity contribution in [3.05, 3.63) is 29.8 Å². The number of hydrogen-bond donors (Lipinski definition) is 0. The summed E-state index contributed by atoms with van der Waals surface area (Å²) in [6.45, 7) is 0.924. The predicted molar refractivity (Wildman–Crippen MR) is 83.3 cm³/mol. The molecule has 0 spiro atoms. The summed E-state index contributed by atoms with van der Waals surface area (Å²) < 4.78 is 6.28. The Morgan fingerprint density at radius 1 is 1.20 bits per heavy atom. The highest BCUT2D eigenvalue weighted by molar-refractivity contribution is 8.00. The maximum atomic E-state index is 6.28. The molecule has 2 bridgehead atoms. The molecule has 0 radical (unpaired) electrons. The lowest BCUT2D eigenvalue weighted by atomic mass is 10.0. The quantitative estimate of drug-likeness (QED) is 0.847. The lowest BCUT2D eigenvalue weighted by molar-refractivity contribution is -0.0112. The van der Waals surface area contributed by atoms with Crippen LogP contribution in [0, 0.1) is 0 Å². The number of thioether (sulfide) groups is 1. The Morgan fingerprint density at radius 2 is 1.95 bits per heavy atom. The highest BCUT2D eigenvalue weighted by atomic mass is 32.2. The second-order valence-electron chi connectivity index (χ2n) is 6.53. The Labute approximate surface area is 125 Å². The van der Waals surface area contributed by atoms with E-state index in [1.807, 2.05) is 11.8 Å². The maximum absolute atomic E-state index is 6.28. The molecule has 3 aliphatic heterocycles. The van der Waals surface area contributed by atoms with Crippen LogP contribution in [-0.4, -0.2) is 42.0 Å². The van der Waals surface area contributed by atoms with E-state index in [1.54, 1.807) is 0 Å². The predicted octanol–water partition coefficient (Wildman–Crippen LogP) is 3.35. The maximum Gasteiger partial charge on any atom is 0.0605 e. The molecule has 2 fully saturated rings. The van der Waals surface area contributed by atoms with Crippen molar-refractivity contribution in [1.82, 2.24) is 4.90 Å². The van der Waals surface area contributed by atoms with E-state index < -0.39 is 0 Å². The monoisotopic (exact) mass is 289 g/mol. The van der Waals surface area contributed by atoms with Gasteiger partial charge in [-0.2, -0.15) is 0 Å². The highest BCUT2D eigenvalue weighted by Gasteiger charge is 2.39. The lowest BCUT2D eigenvalue weighted by Crippen LogP contribution is -2.43. The summed E-state index contributed by atoms with van der Waals surface area (Å²) in [5.41, 5.74) is 1.51. The molecule has 1 aromatic rings. The number of nitrogens with zero attached hydrogens (tertiary/aromatic N) is 1. The molecule has 0 aromatic heterocycles. The molecular formula is C17H23NOS. The van der Waals surface area contributed by atoms with Crippen molar-refractivity contribution in [3.63, 3.8) is 0 Å². The average molecular weight is 289 g/mol. The minimum absolute atomic E-state index is 0.507. The van der Waals surface area contributed by atoms with Gasteiger partial charge in [0.15, 0.2) is 0 Å². The Bertz CT molecular complexity index is 453. The molecule has 0 aliphatic carbocycles. The zero-order valence-electron chi connectivity index (χ0n) is 12.1. The Balaban J connectivity index is 1.30. The van der Waals surface area contributed by atoms with E-state index in [4.69, 9.17) is 4.74 Å². The number of ether oxygens (including phenoxy) is 1. The molecule has 0 amide bonds. The van der Waals surface area contributed by atoms with Gasteiger partial charge in [-0.1, -0.05) is 18.2 Å². The van der Waals surface area contributed by atoms with E-state index in [0.29, 0.717) is 11.4 Å². The van der Waals surface area contributed by atoms with Crippen LogP contribution in [0.2, 0.25) is 0 Å². The van der Waals surface area contributed by atoms with E-state index in [0.717, 1.165) is 18.7 Å². The summed E-state index contributed by atoms with van der Waals surface area (Å²) in [5.74, 6) is 0. The van der Waals surface area contributed by atoms with E-state index in [1.165, 1.54) is 42.6 Å². The first-order chi connectivity index (χ1) is 9.79. The van der Waals surface area contributed by atoms with E-state index in [-0.39, 0.29) is 0 Å². The second kappa shape index (κ2) is 5.36. The van der Waals surface area contributed by atoms with Gasteiger partial charge in [0.05, 0.1) is 12.7 Å². The van der Waals surface area contributed by atoms with Gasteiger partial charge in [-0.15, -0.1) is 11.8 Å². The van der Waals surface area contributed by atoms with Crippen LogP contribution in [0.4, 0.5) is 0 Å². The molecule has 0 N–H and O–H groups in total. The molecule has 3 unspecified atom stereocenters. The molecule has 2 nitrogen and oxygen atoms in total. The summed E-state index contributed by atoms with van der Waals surface area (Å²) in [7, 11) is 2.29. The van der Waals surface area contributed by atoms with Crippen molar-refractivity contribution in [2.45, 2.75) is 60.4 Å². The zero-order chi connectivity index (χ0) is 13.5. The van der Waals surface area contributed by atoms with Gasteiger partial charge in [-0.05, 0) is 50.8 Å². The Hall–Kier alpha value is -0.510. The molecular weight excluding hydrogens is 266 g/mol. The normalized spacial score (nSPS) is 36.2. The van der Waals surface area contributed by atoms with E-state index >= 15 is 0 Å². The van der Waals surface area contributed by atoms with Gasteiger partial charge < -0.3 is 9.64 Å². The number of hydrogen-bond acceptors (Lipinski definition) is 3. The standard InChI is InChI=1S/C17H23NOS/c1-18-13-6-7-14(18)10-15(9-13)19-11-16-8-12-4-2-3-5-17(12)20-16/h2-5,13-16H,6-11H2,1H3. The number of rotatable bonds is 3. The second-order valence-corrected chi connectivity index (χ2v) is 7.87. The van der Waals surface area contributed by atoms with Crippen LogP contribution in [0.5, 0.6) is 0 Å². The van der Waals surface area contributed by atoms with Crippen LogP contribution in [-0.2, 0) is 11.2 Å². The number of fused-ring (bicyclic) bond motifs is 3. The molecule has 20 heavy (non-hydrogen) atoms. The number of benzene rings is 1. The fourth-order valence-corrected chi connectivity index (χ4v) is 5.32. The topological polar surface area (TPSA) is 12.5 Å². The lowest BCUT2D eigenvalue weighted by Gasteiger charge is -2.36. The first-order valence-corrected chi connectivity index (χ1v) is 8.75. The molecule has 3 atom stereocenters. The zero-order valence-corrected chi connectivity index (χ0v) is 12.9. The van der Waals surface area contributed by atoms with Crippen molar-refractivity contribution in [2.75, 3.05) is 13.7 Å². The van der Waals surface area contributed by atoms with Gasteiger partial charge in [0, 0.05) is 22.2 Å². The first kappa shape index (κ1) is 13.2. The molecule has 2 saturated heterocycles. The Morgan fingerprint density at radius 3 is 2.70 bits per heavy atom. The van der Waals surface area contributed by atoms with Crippen molar-refractivity contribution >= 4 is 11.8 Å². The van der Waals surface area contributed by atoms with Crippen molar-refractivity contribution in [1.29, 1.82) is 0 Å². The minimum atomic E-state index is 0.507. The van der Waals surface area contributed by atoms with E-state index in [9.17, 15) is 0 Å². The van der Waals surface area contributed by atoms with Gasteiger partial charge in [-0.3, -0.25) is 0 Å². The highest BCUT2D eigenvalue weighted by Crippen LogP contribution is 2.39. The van der Waals surface area contributed by atoms with Crippen LogP contribution < -0.4 is 0 Å². The SMILES string of the molecule is CN1C2CCC1CC(OCC1Cc3ccccc3S1)C2. The summed E-state index contributed by atoms with van der Waals surface area (Å²) in [5, 5.41) is 0.629. The fraction of sp³-hybridized carbons (Fsp3) is 0.647. The molecule has 1 aromatic carbocycles. The van der Waals surface area contributed by atoms with Gasteiger partial charge in [0.25, 0.3) is 0 Å². The van der Waals surface area contributed by atoms with Crippen LogP contribution in [0.25, 0.3) is 0 Å². The van der Waals surface area contributed by atoms with Gasteiger partial charge in [-0.25, -0.2) is 0 Å². The van der Waals surface area contributed by atoms with Crippen LogP contribution >= 0.6 is 11.8 Å². The summed E-state index contributed by atoms with van der Waals surface area (Å²) in [6.07, 6.45) is 6.94. The molecule has 3 heteroatoms. The number of piperidine rings is 1. The third kappa shape index (κ3) is 2.40. The van der Waals surface area contributed by atoms with Crippen molar-refractivity contribution in [3.8, 4) is 0 Å². The summed E-state index contributed by atoms with van der Waals surface area (Å²) in [4.78, 5) is 4.05. The van der Waals surface area contributed by atoms with Gasteiger partial charge in [0.2, 0.25) is 0 Å². The third-order valence-corrected chi connectivity index (χ3v) is 6.57. The van der Waals surface area contributed by atoms with Crippen LogP contribution in [0.15, 0.2) is 29.2 Å². The summed E-state index contributed by atoms with van der Waals surface area (Å²) in [6, 6.07) is 10.4. The van der Waals surface area contributed by atoms with Crippen LogP contribution in [0.1, 0.15) is 31.2 Å². The minimum Gasteiger partial charge on any atom is -0.377 e. The Kier molecular flexibility index (Phi) is 3.53. The largest absolute Gasteiger partial charge is 0.377 e. The summed E-state index contributed by atoms with van der Waals surface area (Å²) >= 11 is 2.01. The average Bonchev–Trinajstić information content (AvgIpc) is 2.94. The molecule has 4 rings (SSSR count). The molecule has 3 heterocycles. The van der Waals surface area contributed by atoms with E-state index in [2.05, 4.69) is 36.2 Å². The molecule has 3 aliphatic rings. The molecule has 108 valence electrons. The van der Waals surface area contributed by atoms with Gasteiger partial charge in [0.1, 0.15) is 0 Å². The van der Waals surface area contributed by atoms with Crippen molar-refractivity contribution in [2.24, 2.45) is 0 Å². The van der Waals surface area contributed by atoms with Crippen molar-refractivity contribution < 1.29 is 4.74 Å². The molecule has 0 saturated carbocycles. The fourth-order valence-electron chi connectivity index (χ4n) is 4.09. The van der Waals surface area contributed by atoms with Crippen LogP contribution in [0.3, 0.4) is 0 Å².